The zero-order valence-electron chi connectivity index (χ0n) is 15.4. The fraction of sp³-hybridized carbons (Fsp3) is 0.278. The fourth-order valence-corrected chi connectivity index (χ4v) is 3.92. The predicted octanol–water partition coefficient (Wildman–Crippen LogP) is 2.46. The first-order valence-corrected chi connectivity index (χ1v) is 10.4. The standard InChI is InChI=1S/C18H23N3O3S2.ClH/c1-19-12-13-21(3)18(22)16-6-4-5-7-17(16)25-14-8-10-15(11-9-14)26(23,24)20-2;/h4-11,19-20H,12-13H2,1-3H3;1H. The van der Waals surface area contributed by atoms with Crippen molar-refractivity contribution in [3.63, 3.8) is 0 Å². The molecule has 0 aliphatic rings. The lowest BCUT2D eigenvalue weighted by Crippen LogP contribution is -2.33. The van der Waals surface area contributed by atoms with Gasteiger partial charge in [0, 0.05) is 29.9 Å². The fourth-order valence-electron chi connectivity index (χ4n) is 2.25. The van der Waals surface area contributed by atoms with E-state index in [1.54, 1.807) is 42.3 Å². The van der Waals surface area contributed by atoms with Gasteiger partial charge < -0.3 is 10.2 Å². The molecule has 2 N–H and O–H groups in total. The topological polar surface area (TPSA) is 78.5 Å². The van der Waals surface area contributed by atoms with Crippen LogP contribution in [0.15, 0.2) is 63.2 Å². The maximum atomic E-state index is 12.7. The first kappa shape index (κ1) is 23.5. The van der Waals surface area contributed by atoms with Crippen molar-refractivity contribution in [1.82, 2.24) is 14.9 Å². The minimum atomic E-state index is -3.46. The number of nitrogens with zero attached hydrogens (tertiary/aromatic N) is 1. The van der Waals surface area contributed by atoms with Crippen molar-refractivity contribution in [2.45, 2.75) is 14.7 Å². The number of benzene rings is 2. The van der Waals surface area contributed by atoms with E-state index in [9.17, 15) is 13.2 Å². The first-order valence-electron chi connectivity index (χ1n) is 8.09. The summed E-state index contributed by atoms with van der Waals surface area (Å²) in [7, 11) is 1.55. The minimum Gasteiger partial charge on any atom is -0.340 e. The van der Waals surface area contributed by atoms with Gasteiger partial charge in [-0.2, -0.15) is 0 Å². The summed E-state index contributed by atoms with van der Waals surface area (Å²) >= 11 is 1.43. The van der Waals surface area contributed by atoms with Gasteiger partial charge in [-0.25, -0.2) is 13.1 Å². The molecule has 148 valence electrons. The number of carbonyl (C=O) groups excluding carboxylic acids is 1. The van der Waals surface area contributed by atoms with Crippen LogP contribution in [0, 0.1) is 0 Å². The highest BCUT2D eigenvalue weighted by Crippen LogP contribution is 2.31. The van der Waals surface area contributed by atoms with Crippen LogP contribution in [0.2, 0.25) is 0 Å². The predicted molar refractivity (Wildman–Crippen MR) is 111 cm³/mol. The Kier molecular flexibility index (Phi) is 9.28. The largest absolute Gasteiger partial charge is 0.340 e. The van der Waals surface area contributed by atoms with Gasteiger partial charge in [-0.15, -0.1) is 12.4 Å². The van der Waals surface area contributed by atoms with E-state index in [2.05, 4.69) is 10.0 Å². The Labute approximate surface area is 171 Å². The summed E-state index contributed by atoms with van der Waals surface area (Å²) in [4.78, 5) is 16.3. The monoisotopic (exact) mass is 429 g/mol. The van der Waals surface area contributed by atoms with E-state index in [1.165, 1.54) is 18.8 Å². The van der Waals surface area contributed by atoms with Gasteiger partial charge in [0.05, 0.1) is 10.5 Å². The SMILES string of the molecule is CNCCN(C)C(=O)c1ccccc1Sc1ccc(S(=O)(=O)NC)cc1.Cl. The van der Waals surface area contributed by atoms with Crippen LogP contribution in [0.3, 0.4) is 0 Å². The summed E-state index contributed by atoms with van der Waals surface area (Å²) in [5.41, 5.74) is 0.628. The maximum absolute atomic E-state index is 12.7. The Balaban J connectivity index is 0.00000364. The number of amides is 1. The Morgan fingerprint density at radius 3 is 2.30 bits per heavy atom. The lowest BCUT2D eigenvalue weighted by atomic mass is 10.2. The van der Waals surface area contributed by atoms with Crippen molar-refractivity contribution in [3.05, 3.63) is 54.1 Å². The van der Waals surface area contributed by atoms with E-state index in [1.807, 2.05) is 25.2 Å². The highest BCUT2D eigenvalue weighted by atomic mass is 35.5. The second-order valence-corrected chi connectivity index (χ2v) is 8.61. The molecule has 0 radical (unpaired) electrons. The van der Waals surface area contributed by atoms with Crippen molar-refractivity contribution < 1.29 is 13.2 Å². The molecule has 1 amide bonds. The summed E-state index contributed by atoms with van der Waals surface area (Å²) in [5.74, 6) is -0.0438. The molecule has 0 atom stereocenters. The number of hydrogen-bond acceptors (Lipinski definition) is 5. The number of nitrogens with one attached hydrogen (secondary N) is 2. The van der Waals surface area contributed by atoms with Crippen LogP contribution in [-0.2, 0) is 10.0 Å². The van der Waals surface area contributed by atoms with Crippen molar-refractivity contribution in [2.24, 2.45) is 0 Å². The molecule has 0 spiro atoms. The average molecular weight is 430 g/mol. The summed E-state index contributed by atoms with van der Waals surface area (Å²) in [5, 5.41) is 3.03. The smallest absolute Gasteiger partial charge is 0.254 e. The summed E-state index contributed by atoms with van der Waals surface area (Å²) in [6.07, 6.45) is 0. The van der Waals surface area contributed by atoms with Crippen LogP contribution in [0.5, 0.6) is 0 Å². The van der Waals surface area contributed by atoms with E-state index < -0.39 is 10.0 Å². The van der Waals surface area contributed by atoms with Crippen molar-refractivity contribution in [1.29, 1.82) is 0 Å². The number of halogens is 1. The molecule has 6 nitrogen and oxygen atoms in total. The highest BCUT2D eigenvalue weighted by molar-refractivity contribution is 7.99. The zero-order valence-corrected chi connectivity index (χ0v) is 17.9. The molecule has 0 aromatic heterocycles. The van der Waals surface area contributed by atoms with Gasteiger partial charge in [-0.3, -0.25) is 4.79 Å². The summed E-state index contributed by atoms with van der Waals surface area (Å²) in [6, 6.07) is 14.0. The van der Waals surface area contributed by atoms with Crippen LogP contribution in [-0.4, -0.2) is 53.5 Å². The van der Waals surface area contributed by atoms with E-state index in [0.717, 1.165) is 16.3 Å². The van der Waals surface area contributed by atoms with E-state index in [-0.39, 0.29) is 23.2 Å². The molecule has 9 heteroatoms. The molecule has 2 rings (SSSR count). The summed E-state index contributed by atoms with van der Waals surface area (Å²) < 4.78 is 25.9. The second-order valence-electron chi connectivity index (χ2n) is 5.61. The molecule has 2 aromatic rings. The van der Waals surface area contributed by atoms with Gasteiger partial charge in [-0.1, -0.05) is 23.9 Å². The molecular weight excluding hydrogens is 406 g/mol. The molecular formula is C18H24ClN3O3S2. The second kappa shape index (κ2) is 10.7. The van der Waals surface area contributed by atoms with Crippen molar-refractivity contribution in [2.75, 3.05) is 34.2 Å². The molecule has 0 aliphatic heterocycles. The van der Waals surface area contributed by atoms with Gasteiger partial charge in [0.1, 0.15) is 0 Å². The molecule has 0 saturated heterocycles. The Bertz CT molecular complexity index is 858. The van der Waals surface area contributed by atoms with Crippen LogP contribution in [0.25, 0.3) is 0 Å². The molecule has 0 bridgehead atoms. The number of hydrogen-bond donors (Lipinski definition) is 2. The van der Waals surface area contributed by atoms with E-state index in [0.29, 0.717) is 12.1 Å². The van der Waals surface area contributed by atoms with Gasteiger partial charge in [0.15, 0.2) is 0 Å². The summed E-state index contributed by atoms with van der Waals surface area (Å²) in [6.45, 7) is 1.34. The van der Waals surface area contributed by atoms with Crippen LogP contribution in [0.1, 0.15) is 10.4 Å². The van der Waals surface area contributed by atoms with Crippen molar-refractivity contribution in [3.8, 4) is 0 Å². The number of likely N-dealkylation sites (N-methyl/N-ethyl adjacent to an activating group) is 2. The van der Waals surface area contributed by atoms with Gasteiger partial charge in [0.25, 0.3) is 5.91 Å². The van der Waals surface area contributed by atoms with Gasteiger partial charge in [-0.05, 0) is 50.5 Å². The third-order valence-corrected chi connectivity index (χ3v) is 6.31. The lowest BCUT2D eigenvalue weighted by Gasteiger charge is -2.18. The number of sulfonamides is 1. The van der Waals surface area contributed by atoms with Crippen LogP contribution >= 0.6 is 24.2 Å². The van der Waals surface area contributed by atoms with Gasteiger partial charge >= 0.3 is 0 Å². The quantitative estimate of drug-likeness (QED) is 0.673. The lowest BCUT2D eigenvalue weighted by molar-refractivity contribution is 0.0793. The Morgan fingerprint density at radius 2 is 1.70 bits per heavy atom. The molecule has 0 saturated carbocycles. The third kappa shape index (κ3) is 6.22. The van der Waals surface area contributed by atoms with E-state index >= 15 is 0 Å². The normalized spacial score (nSPS) is 10.9. The Hall–Kier alpha value is -1.58. The maximum Gasteiger partial charge on any atom is 0.254 e. The van der Waals surface area contributed by atoms with Crippen LogP contribution < -0.4 is 10.0 Å². The molecule has 0 heterocycles. The highest BCUT2D eigenvalue weighted by Gasteiger charge is 2.16. The molecule has 0 fully saturated rings. The van der Waals surface area contributed by atoms with Crippen LogP contribution in [0.4, 0.5) is 0 Å². The molecule has 0 aliphatic carbocycles. The molecule has 0 unspecified atom stereocenters. The minimum absolute atomic E-state index is 0. The Morgan fingerprint density at radius 1 is 1.07 bits per heavy atom. The van der Waals surface area contributed by atoms with Gasteiger partial charge in [0.2, 0.25) is 10.0 Å². The molecule has 27 heavy (non-hydrogen) atoms. The van der Waals surface area contributed by atoms with Crippen molar-refractivity contribution >= 4 is 40.1 Å². The first-order chi connectivity index (χ1) is 12.4. The average Bonchev–Trinajstić information content (AvgIpc) is 2.66. The number of carbonyl (C=O) groups is 1. The molecule has 2 aromatic carbocycles. The third-order valence-electron chi connectivity index (χ3n) is 3.79. The number of rotatable bonds is 8. The zero-order chi connectivity index (χ0) is 19.2. The van der Waals surface area contributed by atoms with E-state index in [4.69, 9.17) is 0 Å².